The molecule has 2 aliphatic rings. The molecule has 5 heteroatoms. The zero-order chi connectivity index (χ0) is 13.2. The molecule has 0 aromatic carbocycles. The average molecular weight is 264 g/mol. The Balaban J connectivity index is 1.74. The van der Waals surface area contributed by atoms with Gasteiger partial charge in [0.2, 0.25) is 0 Å². The SMILES string of the molecule is C[C@H](c1ccc2c(n1)OCCO2)N1CCC(O)CC1. The lowest BCUT2D eigenvalue weighted by Crippen LogP contribution is -2.37. The number of pyridine rings is 1. The van der Waals surface area contributed by atoms with Crippen molar-refractivity contribution in [1.82, 2.24) is 9.88 Å². The standard InChI is InChI=1S/C14H20N2O3/c1-10(16-6-4-11(17)5-7-16)12-2-3-13-14(15-12)19-9-8-18-13/h2-3,10-11,17H,4-9H2,1H3/t10-/m1/s1. The minimum Gasteiger partial charge on any atom is -0.484 e. The van der Waals surface area contributed by atoms with Gasteiger partial charge in [-0.3, -0.25) is 4.90 Å². The number of aromatic nitrogens is 1. The van der Waals surface area contributed by atoms with Crippen LogP contribution in [0.1, 0.15) is 31.5 Å². The van der Waals surface area contributed by atoms with E-state index >= 15 is 0 Å². The minimum atomic E-state index is -0.142. The maximum absolute atomic E-state index is 9.56. The fourth-order valence-corrected chi connectivity index (χ4v) is 2.64. The number of aliphatic hydroxyl groups excluding tert-OH is 1. The number of hydrogen-bond acceptors (Lipinski definition) is 5. The number of rotatable bonds is 2. The number of nitrogens with zero attached hydrogens (tertiary/aromatic N) is 2. The fourth-order valence-electron chi connectivity index (χ4n) is 2.64. The molecule has 19 heavy (non-hydrogen) atoms. The van der Waals surface area contributed by atoms with E-state index in [9.17, 15) is 5.11 Å². The van der Waals surface area contributed by atoms with E-state index in [-0.39, 0.29) is 12.1 Å². The van der Waals surface area contributed by atoms with Gasteiger partial charge >= 0.3 is 0 Å². The van der Waals surface area contributed by atoms with E-state index in [0.717, 1.165) is 37.4 Å². The first-order valence-electron chi connectivity index (χ1n) is 6.92. The third-order valence-corrected chi connectivity index (χ3v) is 3.90. The van der Waals surface area contributed by atoms with Gasteiger partial charge < -0.3 is 14.6 Å². The summed E-state index contributed by atoms with van der Waals surface area (Å²) >= 11 is 0. The molecule has 2 aliphatic heterocycles. The Kier molecular flexibility index (Phi) is 3.57. The number of ether oxygens (including phenoxy) is 2. The van der Waals surface area contributed by atoms with Crippen molar-refractivity contribution in [2.75, 3.05) is 26.3 Å². The highest BCUT2D eigenvalue weighted by molar-refractivity contribution is 5.36. The highest BCUT2D eigenvalue weighted by atomic mass is 16.6. The summed E-state index contributed by atoms with van der Waals surface area (Å²) in [6, 6.07) is 4.18. The predicted octanol–water partition coefficient (Wildman–Crippen LogP) is 1.37. The van der Waals surface area contributed by atoms with Gasteiger partial charge in [-0.1, -0.05) is 0 Å². The highest BCUT2D eigenvalue weighted by Gasteiger charge is 2.24. The van der Waals surface area contributed by atoms with Gasteiger partial charge in [-0.05, 0) is 31.9 Å². The lowest BCUT2D eigenvalue weighted by molar-refractivity contribution is 0.0632. The summed E-state index contributed by atoms with van der Waals surface area (Å²) < 4.78 is 11.0. The number of fused-ring (bicyclic) bond motifs is 1. The second kappa shape index (κ2) is 5.35. The Morgan fingerprint density at radius 1 is 1.26 bits per heavy atom. The zero-order valence-corrected chi connectivity index (χ0v) is 11.2. The molecule has 0 radical (unpaired) electrons. The summed E-state index contributed by atoms with van der Waals surface area (Å²) in [5.41, 5.74) is 1.00. The van der Waals surface area contributed by atoms with Gasteiger partial charge in [0.15, 0.2) is 5.75 Å². The van der Waals surface area contributed by atoms with Crippen molar-refractivity contribution < 1.29 is 14.6 Å². The summed E-state index contributed by atoms with van der Waals surface area (Å²) in [5.74, 6) is 1.34. The third-order valence-electron chi connectivity index (χ3n) is 3.90. The normalized spacial score (nSPS) is 22.2. The Hall–Kier alpha value is -1.33. The van der Waals surface area contributed by atoms with Crippen molar-refractivity contribution in [3.8, 4) is 11.6 Å². The Morgan fingerprint density at radius 2 is 2.00 bits per heavy atom. The van der Waals surface area contributed by atoms with Crippen LogP contribution in [0.2, 0.25) is 0 Å². The largest absolute Gasteiger partial charge is 0.484 e. The maximum atomic E-state index is 9.56. The van der Waals surface area contributed by atoms with Crippen molar-refractivity contribution in [3.63, 3.8) is 0 Å². The van der Waals surface area contributed by atoms with Gasteiger partial charge in [-0.25, -0.2) is 4.98 Å². The third kappa shape index (κ3) is 2.67. The lowest BCUT2D eigenvalue weighted by atomic mass is 10.0. The first-order chi connectivity index (χ1) is 9.24. The van der Waals surface area contributed by atoms with Crippen LogP contribution in [0.25, 0.3) is 0 Å². The quantitative estimate of drug-likeness (QED) is 0.874. The van der Waals surface area contributed by atoms with Crippen molar-refractivity contribution in [2.45, 2.75) is 31.9 Å². The molecule has 0 saturated carbocycles. The van der Waals surface area contributed by atoms with E-state index in [1.165, 1.54) is 0 Å². The molecule has 1 N–H and O–H groups in total. The van der Waals surface area contributed by atoms with Gasteiger partial charge in [-0.15, -0.1) is 0 Å². The van der Waals surface area contributed by atoms with Crippen LogP contribution in [0.5, 0.6) is 11.6 Å². The number of likely N-dealkylation sites (tertiary alicyclic amines) is 1. The smallest absolute Gasteiger partial charge is 0.257 e. The molecule has 0 spiro atoms. The van der Waals surface area contributed by atoms with Crippen LogP contribution < -0.4 is 9.47 Å². The number of piperidine rings is 1. The summed E-state index contributed by atoms with van der Waals surface area (Å²) in [7, 11) is 0. The van der Waals surface area contributed by atoms with E-state index in [2.05, 4.69) is 16.8 Å². The predicted molar refractivity (Wildman–Crippen MR) is 70.5 cm³/mol. The molecule has 1 aromatic rings. The van der Waals surface area contributed by atoms with E-state index in [0.29, 0.717) is 19.1 Å². The van der Waals surface area contributed by atoms with Crippen molar-refractivity contribution >= 4 is 0 Å². The maximum Gasteiger partial charge on any atom is 0.257 e. The van der Waals surface area contributed by atoms with Gasteiger partial charge in [0.05, 0.1) is 11.8 Å². The van der Waals surface area contributed by atoms with E-state index < -0.39 is 0 Å². The average Bonchev–Trinajstić information content (AvgIpc) is 2.47. The first-order valence-corrected chi connectivity index (χ1v) is 6.92. The second-order valence-corrected chi connectivity index (χ2v) is 5.18. The van der Waals surface area contributed by atoms with Crippen molar-refractivity contribution in [3.05, 3.63) is 17.8 Å². The molecule has 0 unspecified atom stereocenters. The van der Waals surface area contributed by atoms with Crippen LogP contribution in [-0.2, 0) is 0 Å². The fraction of sp³-hybridized carbons (Fsp3) is 0.643. The molecule has 5 nitrogen and oxygen atoms in total. The summed E-state index contributed by atoms with van der Waals surface area (Å²) in [6.07, 6.45) is 1.54. The lowest BCUT2D eigenvalue weighted by Gasteiger charge is -2.34. The number of hydrogen-bond donors (Lipinski definition) is 1. The van der Waals surface area contributed by atoms with Crippen LogP contribution in [-0.4, -0.2) is 47.4 Å². The van der Waals surface area contributed by atoms with E-state index in [4.69, 9.17) is 9.47 Å². The molecule has 104 valence electrons. The Labute approximate surface area is 113 Å². The van der Waals surface area contributed by atoms with E-state index in [1.54, 1.807) is 0 Å². The molecule has 1 fully saturated rings. The van der Waals surface area contributed by atoms with E-state index in [1.807, 2.05) is 12.1 Å². The molecule has 3 heterocycles. The number of aliphatic hydroxyl groups is 1. The van der Waals surface area contributed by atoms with Crippen LogP contribution in [0, 0.1) is 0 Å². The minimum absolute atomic E-state index is 0.142. The molecule has 1 saturated heterocycles. The molecule has 0 bridgehead atoms. The molecular weight excluding hydrogens is 244 g/mol. The van der Waals surface area contributed by atoms with Crippen LogP contribution in [0.3, 0.4) is 0 Å². The Morgan fingerprint density at radius 3 is 2.79 bits per heavy atom. The van der Waals surface area contributed by atoms with Gasteiger partial charge in [0.25, 0.3) is 5.88 Å². The Bertz CT molecular complexity index is 444. The summed E-state index contributed by atoms with van der Waals surface area (Å²) in [5, 5.41) is 9.56. The molecular formula is C14H20N2O3. The zero-order valence-electron chi connectivity index (χ0n) is 11.2. The molecule has 0 amide bonds. The molecule has 3 rings (SSSR count). The monoisotopic (exact) mass is 264 g/mol. The highest BCUT2D eigenvalue weighted by Crippen LogP contribution is 2.31. The van der Waals surface area contributed by atoms with Crippen LogP contribution in [0.15, 0.2) is 12.1 Å². The topological polar surface area (TPSA) is 54.8 Å². The summed E-state index contributed by atoms with van der Waals surface area (Å²) in [6.45, 7) is 5.13. The molecule has 1 aromatic heterocycles. The van der Waals surface area contributed by atoms with Gasteiger partial charge in [-0.2, -0.15) is 0 Å². The van der Waals surface area contributed by atoms with Gasteiger partial charge in [0.1, 0.15) is 13.2 Å². The van der Waals surface area contributed by atoms with Crippen molar-refractivity contribution in [1.29, 1.82) is 0 Å². The van der Waals surface area contributed by atoms with Crippen molar-refractivity contribution in [2.24, 2.45) is 0 Å². The van der Waals surface area contributed by atoms with Crippen LogP contribution >= 0.6 is 0 Å². The first kappa shape index (κ1) is 12.7. The molecule has 1 atom stereocenters. The second-order valence-electron chi connectivity index (χ2n) is 5.18. The van der Waals surface area contributed by atoms with Gasteiger partial charge in [0, 0.05) is 19.1 Å². The molecule has 0 aliphatic carbocycles. The van der Waals surface area contributed by atoms with Crippen LogP contribution in [0.4, 0.5) is 0 Å². The summed E-state index contributed by atoms with van der Waals surface area (Å²) in [4.78, 5) is 6.91.